The summed E-state index contributed by atoms with van der Waals surface area (Å²) in [4.78, 5) is 37.7. The van der Waals surface area contributed by atoms with Gasteiger partial charge in [0.2, 0.25) is 0 Å². The Kier molecular flexibility index (Phi) is 15.7. The largest absolute Gasteiger partial charge is 0.443 e. The highest BCUT2D eigenvalue weighted by atomic mass is 79.9. The zero-order valence-corrected chi connectivity index (χ0v) is 43.9. The van der Waals surface area contributed by atoms with Crippen molar-refractivity contribution in [1.82, 2.24) is 47.1 Å². The van der Waals surface area contributed by atoms with Gasteiger partial charge in [0.15, 0.2) is 5.65 Å². The maximum Gasteiger partial charge on any atom is 0.420 e. The number of alkyl halides is 1. The topological polar surface area (TPSA) is 195 Å². The molecule has 0 unspecified atom stereocenters. The average molecular weight is 1060 g/mol. The average Bonchev–Trinajstić information content (AvgIpc) is 4.14. The van der Waals surface area contributed by atoms with Crippen molar-refractivity contribution in [1.29, 1.82) is 0 Å². The van der Waals surface area contributed by atoms with Crippen molar-refractivity contribution in [3.8, 4) is 0 Å². The molecule has 2 spiro atoms. The van der Waals surface area contributed by atoms with Crippen LogP contribution in [0.4, 0.5) is 16.4 Å². The van der Waals surface area contributed by atoms with Crippen molar-refractivity contribution >= 4 is 76.1 Å². The maximum absolute atomic E-state index is 13.6. The first-order chi connectivity index (χ1) is 33.5. The second-order valence-corrected chi connectivity index (χ2v) is 23.8. The molecule has 21 heteroatoms. The van der Waals surface area contributed by atoms with Crippen LogP contribution in [-0.4, -0.2) is 146 Å². The van der Waals surface area contributed by atoms with Gasteiger partial charge in [0.25, 0.3) is 20.4 Å². The van der Waals surface area contributed by atoms with E-state index in [2.05, 4.69) is 55.4 Å². The summed E-state index contributed by atoms with van der Waals surface area (Å²) in [7, 11) is -7.14. The lowest BCUT2D eigenvalue weighted by molar-refractivity contribution is 0.0543. The molecule has 0 amide bonds. The summed E-state index contributed by atoms with van der Waals surface area (Å²) < 4.78 is 68.3. The van der Waals surface area contributed by atoms with Gasteiger partial charge in [-0.15, -0.1) is 0 Å². The lowest BCUT2D eigenvalue weighted by Crippen LogP contribution is -2.60. The summed E-state index contributed by atoms with van der Waals surface area (Å²) in [6.07, 6.45) is 10.7. The van der Waals surface area contributed by atoms with Gasteiger partial charge in [0, 0.05) is 76.6 Å². The summed E-state index contributed by atoms with van der Waals surface area (Å²) in [6.45, 7) is 13.9. The predicted molar refractivity (Wildman–Crippen MR) is 278 cm³/mol. The van der Waals surface area contributed by atoms with Crippen molar-refractivity contribution in [2.75, 3.05) is 74.0 Å². The van der Waals surface area contributed by atoms with Gasteiger partial charge < -0.3 is 19.5 Å². The van der Waals surface area contributed by atoms with E-state index in [4.69, 9.17) is 4.74 Å². The Bertz CT molecular complexity index is 2940. The lowest BCUT2D eigenvalue weighted by Gasteiger charge is -2.43. The summed E-state index contributed by atoms with van der Waals surface area (Å²) in [5.74, 6) is 1.58. The molecule has 6 heterocycles. The number of likely N-dealkylation sites (N-methyl/N-ethyl adjacent to an activating group) is 1. The minimum atomic E-state index is -3.61. The van der Waals surface area contributed by atoms with Crippen molar-refractivity contribution in [2.24, 2.45) is 0 Å². The van der Waals surface area contributed by atoms with Gasteiger partial charge in [-0.3, -0.25) is 0 Å². The zero-order valence-electron chi connectivity index (χ0n) is 40.7. The number of aromatic nitrogens is 6. The molecule has 2 saturated heterocycles. The van der Waals surface area contributed by atoms with Crippen LogP contribution in [0.15, 0.2) is 97.8 Å². The standard InChI is InChI=1S/C25H32N6O4S.C22H28N6O2S.C2H5Br/c1-24(2,3)35-23(32)30-14-10-20-21(26-18-27-22(20)30)29-15-16-31(25(17-29)11-12-25)36(33,34)28-13-9-19-7-5-4-6-8-19;1-2-27(13-9-18-6-4-3-5-7-18)31(29,30)28-15-14-26(16-22(28)10-11-22)21-19-8-12-23-20(19)24-17-25-21;1-2-3/h4-8,10,14,18,28H,9,11-13,15-17H2,1-3H3;3-8,12,17H,2,9-11,13-16H2,1H3,(H,23,24,25);2H2,1H3. The molecule has 10 rings (SSSR count). The Morgan fingerprint density at radius 3 is 1.90 bits per heavy atom. The Morgan fingerprint density at radius 1 is 0.757 bits per heavy atom. The van der Waals surface area contributed by atoms with E-state index in [1.165, 1.54) is 10.9 Å². The highest BCUT2D eigenvalue weighted by Gasteiger charge is 2.57. The lowest BCUT2D eigenvalue weighted by atomic mass is 10.1. The van der Waals surface area contributed by atoms with Gasteiger partial charge in [-0.1, -0.05) is 90.4 Å². The fraction of sp³-hybridized carbons (Fsp3) is 0.490. The normalized spacial score (nSPS) is 17.9. The number of benzene rings is 2. The highest BCUT2D eigenvalue weighted by molar-refractivity contribution is 9.09. The first-order valence-corrected chi connectivity index (χ1v) is 28.0. The number of carbonyl (C=O) groups excluding carboxylic acids is 1. The van der Waals surface area contributed by atoms with Crippen molar-refractivity contribution in [3.63, 3.8) is 0 Å². The number of halogens is 1. The number of piperazine rings is 2. The Labute approximate surface area is 420 Å². The van der Waals surface area contributed by atoms with Crippen LogP contribution < -0.4 is 14.5 Å². The van der Waals surface area contributed by atoms with E-state index in [-0.39, 0.29) is 5.54 Å². The number of hydrogen-bond acceptors (Lipinski definition) is 12. The van der Waals surface area contributed by atoms with Gasteiger partial charge in [-0.2, -0.15) is 29.8 Å². The molecule has 0 atom stereocenters. The van der Waals surface area contributed by atoms with E-state index in [9.17, 15) is 21.6 Å². The molecule has 0 bridgehead atoms. The van der Waals surface area contributed by atoms with Crippen molar-refractivity contribution < 1.29 is 26.4 Å². The summed E-state index contributed by atoms with van der Waals surface area (Å²) in [5, 5.41) is 2.77. The smallest absolute Gasteiger partial charge is 0.420 e. The van der Waals surface area contributed by atoms with Crippen LogP contribution in [0.2, 0.25) is 0 Å². The summed E-state index contributed by atoms with van der Waals surface area (Å²) >= 11 is 3.15. The van der Waals surface area contributed by atoms with Crippen LogP contribution in [0, 0.1) is 0 Å². The van der Waals surface area contributed by atoms with Crippen LogP contribution in [0.1, 0.15) is 71.4 Å². The van der Waals surface area contributed by atoms with Gasteiger partial charge >= 0.3 is 6.09 Å². The number of carbonyl (C=O) groups is 1. The third-order valence-electron chi connectivity index (χ3n) is 13.1. The molecule has 0 radical (unpaired) electrons. The van der Waals surface area contributed by atoms with Crippen LogP contribution >= 0.6 is 15.9 Å². The fourth-order valence-electron chi connectivity index (χ4n) is 9.40. The Hall–Kier alpha value is -5.03. The molecule has 6 aromatic rings. The van der Waals surface area contributed by atoms with Gasteiger partial charge in [-0.05, 0) is 82.6 Å². The molecular weight excluding hydrogens is 997 g/mol. The number of nitrogens with zero attached hydrogens (tertiary/aromatic N) is 10. The van der Waals surface area contributed by atoms with Crippen LogP contribution in [0.3, 0.4) is 0 Å². The van der Waals surface area contributed by atoms with Gasteiger partial charge in [-0.25, -0.2) is 34.0 Å². The minimum Gasteiger partial charge on any atom is -0.443 e. The van der Waals surface area contributed by atoms with Crippen molar-refractivity contribution in [2.45, 2.75) is 89.8 Å². The van der Waals surface area contributed by atoms with E-state index in [1.54, 1.807) is 25.4 Å². The number of fused-ring (bicyclic) bond motifs is 2. The molecule has 2 saturated carbocycles. The number of nitrogens with one attached hydrogen (secondary N) is 2. The van der Waals surface area contributed by atoms with E-state index >= 15 is 0 Å². The number of ether oxygens (including phenoxy) is 1. The third kappa shape index (κ3) is 11.5. The molecule has 2 aliphatic heterocycles. The SMILES string of the molecule is CC(C)(C)OC(=O)n1ccc2c(N3CCN(S(=O)(=O)NCCc4ccccc4)C4(CC4)C3)ncnc21.CCBr.CCN(CCc1ccccc1)S(=O)(=O)N1CCN(c2ncnc3[nH]ccc23)CC12CC2. The van der Waals surface area contributed by atoms with E-state index in [0.29, 0.717) is 83.2 Å². The van der Waals surface area contributed by atoms with Gasteiger partial charge in [0.1, 0.15) is 35.5 Å². The number of rotatable bonds is 13. The van der Waals surface area contributed by atoms with E-state index in [0.717, 1.165) is 64.4 Å². The highest BCUT2D eigenvalue weighted by Crippen LogP contribution is 2.48. The molecule has 18 nitrogen and oxygen atoms in total. The quantitative estimate of drug-likeness (QED) is 0.116. The zero-order chi connectivity index (χ0) is 49.7. The van der Waals surface area contributed by atoms with Crippen molar-refractivity contribution in [3.05, 3.63) is 109 Å². The number of anilines is 2. The molecule has 4 fully saturated rings. The van der Waals surface area contributed by atoms with Crippen LogP contribution in [0.25, 0.3) is 22.1 Å². The molecule has 4 aliphatic rings. The molecule has 70 heavy (non-hydrogen) atoms. The molecule has 4 aromatic heterocycles. The first-order valence-electron chi connectivity index (χ1n) is 24.1. The predicted octanol–water partition coefficient (Wildman–Crippen LogP) is 6.77. The van der Waals surface area contributed by atoms with Gasteiger partial charge in [0.05, 0.1) is 21.9 Å². The van der Waals surface area contributed by atoms with E-state index < -0.39 is 37.7 Å². The number of H-pyrrole nitrogens is 1. The Balaban J connectivity index is 0.000000180. The number of hydrogen-bond donors (Lipinski definition) is 2. The molecular formula is C49H65BrN12O6S2. The summed E-state index contributed by atoms with van der Waals surface area (Å²) in [5.41, 5.74) is 2.13. The van der Waals surface area contributed by atoms with Crippen LogP contribution in [0.5, 0.6) is 0 Å². The second kappa shape index (κ2) is 21.4. The summed E-state index contributed by atoms with van der Waals surface area (Å²) in [6, 6.07) is 23.7. The monoisotopic (exact) mass is 1060 g/mol. The number of aromatic amines is 1. The molecule has 376 valence electrons. The minimum absolute atomic E-state index is 0.329. The third-order valence-corrected chi connectivity index (χ3v) is 17.0. The molecule has 2 aromatic carbocycles. The molecule has 2 aliphatic carbocycles. The second-order valence-electron chi connectivity index (χ2n) is 19.1. The molecule has 2 N–H and O–H groups in total. The fourth-order valence-corrected chi connectivity index (χ4v) is 13.0. The van der Waals surface area contributed by atoms with E-state index in [1.807, 2.05) is 114 Å². The first kappa shape index (κ1) is 51.3. The Morgan fingerprint density at radius 2 is 1.31 bits per heavy atom. The maximum atomic E-state index is 13.6. The van der Waals surface area contributed by atoms with Crippen LogP contribution in [-0.2, 0) is 38.0 Å².